The molecule has 0 saturated carbocycles. The topological polar surface area (TPSA) is 24.7 Å². The highest BCUT2D eigenvalue weighted by atomic mass is 15.1. The number of nitrogens with zero attached hydrogens (tertiary/aromatic N) is 2. The van der Waals surface area contributed by atoms with Crippen LogP contribution in [0.25, 0.3) is 0 Å². The van der Waals surface area contributed by atoms with Crippen LogP contribution in [0.15, 0.2) is 34.7 Å². The second-order valence-corrected chi connectivity index (χ2v) is 2.28. The Morgan fingerprint density at radius 3 is 2.40 bits per heavy atom. The molecule has 0 aliphatic rings. The van der Waals surface area contributed by atoms with E-state index in [0.29, 0.717) is 5.92 Å². The zero-order valence-corrected chi connectivity index (χ0v) is 6.83. The molecule has 56 valence electrons. The summed E-state index contributed by atoms with van der Waals surface area (Å²) in [4.78, 5) is 0. The van der Waals surface area contributed by atoms with Crippen LogP contribution in [0.2, 0.25) is 0 Å². The lowest BCUT2D eigenvalue weighted by Crippen LogP contribution is -1.88. The van der Waals surface area contributed by atoms with Gasteiger partial charge >= 0.3 is 0 Å². The van der Waals surface area contributed by atoms with Gasteiger partial charge in [0.05, 0.1) is 5.70 Å². The number of hydrogen-bond acceptors (Lipinski definition) is 2. The molecule has 2 heteroatoms. The Kier molecular flexibility index (Phi) is 4.46. The summed E-state index contributed by atoms with van der Waals surface area (Å²) in [5.74, 6) is 0.418. The lowest BCUT2D eigenvalue weighted by molar-refractivity contribution is 0.739. The van der Waals surface area contributed by atoms with Crippen molar-refractivity contribution in [3.63, 3.8) is 0 Å². The lowest BCUT2D eigenvalue weighted by atomic mass is 10.1. The number of rotatable bonds is 3. The largest absolute Gasteiger partial charge is 0.192 e. The number of hydrogen-bond donors (Lipinski definition) is 0. The van der Waals surface area contributed by atoms with E-state index in [0.717, 1.165) is 5.70 Å². The van der Waals surface area contributed by atoms with Gasteiger partial charge < -0.3 is 0 Å². The molecule has 0 saturated heterocycles. The molecule has 0 aliphatic heterocycles. The Balaban J connectivity index is 4.25. The van der Waals surface area contributed by atoms with Gasteiger partial charge in [0, 0.05) is 7.05 Å². The summed E-state index contributed by atoms with van der Waals surface area (Å²) in [6.45, 7) is 7.73. The quantitative estimate of drug-likeness (QED) is 0.423. The third kappa shape index (κ3) is 3.17. The molecule has 0 spiro atoms. The van der Waals surface area contributed by atoms with Crippen molar-refractivity contribution in [3.8, 4) is 0 Å². The van der Waals surface area contributed by atoms with Crippen LogP contribution in [0.1, 0.15) is 13.8 Å². The maximum absolute atomic E-state index is 3.93. The average Bonchev–Trinajstić information content (AvgIpc) is 1.87. The number of azo groups is 1. The zero-order chi connectivity index (χ0) is 7.98. The van der Waals surface area contributed by atoms with Crippen molar-refractivity contribution >= 4 is 0 Å². The van der Waals surface area contributed by atoms with Gasteiger partial charge in [-0.2, -0.15) is 10.2 Å². The molecule has 0 aromatic heterocycles. The molecule has 0 atom stereocenters. The SMILES string of the molecule is C=C/C=C(\N=N/C)C(C)C. The maximum Gasteiger partial charge on any atom is 0.0651 e. The van der Waals surface area contributed by atoms with Crippen LogP contribution in [0.4, 0.5) is 0 Å². The standard InChI is InChI=1S/C8H14N2/c1-5-6-8(7(2)3)10-9-4/h5-7H,1H2,2-4H3/b8-6-,10-9-. The first kappa shape index (κ1) is 9.08. The normalized spacial score (nSPS) is 13.0. The third-order valence-corrected chi connectivity index (χ3v) is 1.10. The highest BCUT2D eigenvalue weighted by Crippen LogP contribution is 2.10. The van der Waals surface area contributed by atoms with Gasteiger partial charge in [0.2, 0.25) is 0 Å². The first-order valence-corrected chi connectivity index (χ1v) is 3.34. The summed E-state index contributed by atoms with van der Waals surface area (Å²) >= 11 is 0. The monoisotopic (exact) mass is 138 g/mol. The van der Waals surface area contributed by atoms with Crippen LogP contribution in [-0.4, -0.2) is 7.05 Å². The molecule has 0 rings (SSSR count). The molecule has 10 heavy (non-hydrogen) atoms. The van der Waals surface area contributed by atoms with Crippen molar-refractivity contribution in [2.45, 2.75) is 13.8 Å². The van der Waals surface area contributed by atoms with Crippen LogP contribution in [0.3, 0.4) is 0 Å². The fourth-order valence-electron chi connectivity index (χ4n) is 0.577. The van der Waals surface area contributed by atoms with Gasteiger partial charge in [-0.05, 0) is 12.0 Å². The van der Waals surface area contributed by atoms with E-state index in [2.05, 4.69) is 30.7 Å². The van der Waals surface area contributed by atoms with E-state index in [1.807, 2.05) is 6.08 Å². The van der Waals surface area contributed by atoms with Gasteiger partial charge in [-0.25, -0.2) is 0 Å². The van der Waals surface area contributed by atoms with E-state index in [4.69, 9.17) is 0 Å². The molecule has 0 heterocycles. The fraction of sp³-hybridized carbons (Fsp3) is 0.500. The average molecular weight is 138 g/mol. The lowest BCUT2D eigenvalue weighted by Gasteiger charge is -2.00. The molecule has 0 radical (unpaired) electrons. The van der Waals surface area contributed by atoms with E-state index in [1.165, 1.54) is 0 Å². The molecule has 0 aromatic rings. The van der Waals surface area contributed by atoms with E-state index in [1.54, 1.807) is 13.1 Å². The Morgan fingerprint density at radius 1 is 1.50 bits per heavy atom. The Hall–Kier alpha value is -0.920. The Bertz CT molecular complexity index is 155. The third-order valence-electron chi connectivity index (χ3n) is 1.10. The second-order valence-electron chi connectivity index (χ2n) is 2.28. The van der Waals surface area contributed by atoms with Crippen LogP contribution < -0.4 is 0 Å². The van der Waals surface area contributed by atoms with Gasteiger partial charge in [0.1, 0.15) is 0 Å². The molecule has 0 fully saturated rings. The number of allylic oxidation sites excluding steroid dienone is 3. The minimum atomic E-state index is 0.418. The molecule has 0 aliphatic carbocycles. The summed E-state index contributed by atoms with van der Waals surface area (Å²) in [7, 11) is 1.67. The Morgan fingerprint density at radius 2 is 2.10 bits per heavy atom. The van der Waals surface area contributed by atoms with Crippen molar-refractivity contribution < 1.29 is 0 Å². The molecule has 0 N–H and O–H groups in total. The second kappa shape index (κ2) is 4.91. The van der Waals surface area contributed by atoms with E-state index in [9.17, 15) is 0 Å². The zero-order valence-electron chi connectivity index (χ0n) is 6.83. The van der Waals surface area contributed by atoms with E-state index < -0.39 is 0 Å². The maximum atomic E-state index is 3.93. The van der Waals surface area contributed by atoms with E-state index >= 15 is 0 Å². The smallest absolute Gasteiger partial charge is 0.0651 e. The summed E-state index contributed by atoms with van der Waals surface area (Å²) < 4.78 is 0. The van der Waals surface area contributed by atoms with Gasteiger partial charge in [-0.15, -0.1) is 0 Å². The molecule has 2 nitrogen and oxygen atoms in total. The van der Waals surface area contributed by atoms with E-state index in [-0.39, 0.29) is 0 Å². The van der Waals surface area contributed by atoms with Crippen LogP contribution in [0.5, 0.6) is 0 Å². The molecule has 0 unspecified atom stereocenters. The van der Waals surface area contributed by atoms with Crippen LogP contribution >= 0.6 is 0 Å². The fourth-order valence-corrected chi connectivity index (χ4v) is 0.577. The predicted molar refractivity (Wildman–Crippen MR) is 43.9 cm³/mol. The van der Waals surface area contributed by atoms with Gasteiger partial charge in [-0.3, -0.25) is 0 Å². The van der Waals surface area contributed by atoms with Crippen molar-refractivity contribution in [1.82, 2.24) is 0 Å². The highest BCUT2D eigenvalue weighted by molar-refractivity contribution is 5.09. The first-order valence-electron chi connectivity index (χ1n) is 3.34. The van der Waals surface area contributed by atoms with Gasteiger partial charge in [0.15, 0.2) is 0 Å². The van der Waals surface area contributed by atoms with Crippen molar-refractivity contribution in [3.05, 3.63) is 24.4 Å². The molecule has 0 bridgehead atoms. The first-order chi connectivity index (χ1) is 4.72. The van der Waals surface area contributed by atoms with Crippen molar-refractivity contribution in [1.29, 1.82) is 0 Å². The Labute approximate surface area is 62.4 Å². The van der Waals surface area contributed by atoms with Gasteiger partial charge in [-0.1, -0.05) is 26.5 Å². The molecule has 0 amide bonds. The summed E-state index contributed by atoms with van der Waals surface area (Å²) in [6.07, 6.45) is 3.60. The predicted octanol–water partition coefficient (Wildman–Crippen LogP) is 2.79. The highest BCUT2D eigenvalue weighted by Gasteiger charge is 1.97. The minimum Gasteiger partial charge on any atom is -0.192 e. The van der Waals surface area contributed by atoms with Gasteiger partial charge in [0.25, 0.3) is 0 Å². The summed E-state index contributed by atoms with van der Waals surface area (Å²) in [5.41, 5.74) is 0.970. The summed E-state index contributed by atoms with van der Waals surface area (Å²) in [5, 5.41) is 7.61. The van der Waals surface area contributed by atoms with Crippen LogP contribution in [-0.2, 0) is 0 Å². The minimum absolute atomic E-state index is 0.418. The van der Waals surface area contributed by atoms with Crippen molar-refractivity contribution in [2.75, 3.05) is 7.05 Å². The molecular weight excluding hydrogens is 124 g/mol. The molecule has 0 aromatic carbocycles. The van der Waals surface area contributed by atoms with Crippen molar-refractivity contribution in [2.24, 2.45) is 16.1 Å². The summed E-state index contributed by atoms with van der Waals surface area (Å²) in [6, 6.07) is 0. The van der Waals surface area contributed by atoms with Crippen LogP contribution in [0, 0.1) is 5.92 Å². The molecular formula is C8H14N2.